The molecule has 0 saturated carbocycles. The number of tetrazole rings is 1. The second kappa shape index (κ2) is 8.32. The van der Waals surface area contributed by atoms with Crippen LogP contribution in [0.3, 0.4) is 0 Å². The number of likely N-dealkylation sites (tertiary alicyclic amines) is 2. The van der Waals surface area contributed by atoms with Gasteiger partial charge in [-0.1, -0.05) is 6.07 Å². The van der Waals surface area contributed by atoms with Crippen LogP contribution in [0.4, 0.5) is 5.69 Å². The molecule has 154 valence electrons. The van der Waals surface area contributed by atoms with E-state index in [2.05, 4.69) is 25.7 Å². The first-order chi connectivity index (χ1) is 14.1. The summed E-state index contributed by atoms with van der Waals surface area (Å²) in [7, 11) is 1.65. The van der Waals surface area contributed by atoms with Gasteiger partial charge < -0.3 is 19.9 Å². The number of amides is 1. The summed E-state index contributed by atoms with van der Waals surface area (Å²) in [5.41, 5.74) is 1.12. The Morgan fingerprint density at radius 2 is 2.00 bits per heavy atom. The Labute approximate surface area is 175 Å². The van der Waals surface area contributed by atoms with Gasteiger partial charge >= 0.3 is 0 Å². The van der Waals surface area contributed by atoms with Gasteiger partial charge in [0.15, 0.2) is 5.11 Å². The van der Waals surface area contributed by atoms with Crippen LogP contribution in [0, 0.1) is 5.41 Å². The molecule has 1 aromatic heterocycles. The summed E-state index contributed by atoms with van der Waals surface area (Å²) in [6.07, 6.45) is 4.57. The Kier molecular flexibility index (Phi) is 5.61. The van der Waals surface area contributed by atoms with Crippen LogP contribution >= 0.6 is 12.2 Å². The lowest BCUT2D eigenvalue weighted by atomic mass is 9.78. The lowest BCUT2D eigenvalue weighted by molar-refractivity contribution is -0.131. The van der Waals surface area contributed by atoms with Crippen LogP contribution in [-0.2, 0) is 11.3 Å². The van der Waals surface area contributed by atoms with E-state index in [4.69, 9.17) is 17.0 Å². The number of nitrogens with zero attached hydrogens (tertiary/aromatic N) is 6. The van der Waals surface area contributed by atoms with Gasteiger partial charge in [0, 0.05) is 37.9 Å². The van der Waals surface area contributed by atoms with E-state index in [1.165, 1.54) is 11.0 Å². The number of aromatic nitrogens is 4. The van der Waals surface area contributed by atoms with Gasteiger partial charge in [-0.15, -0.1) is 5.10 Å². The number of carbonyl (C=O) groups excluding carboxylic acids is 1. The fourth-order valence-electron chi connectivity index (χ4n) is 4.13. The lowest BCUT2D eigenvalue weighted by Crippen LogP contribution is -2.46. The molecule has 2 aliphatic heterocycles. The number of benzene rings is 1. The van der Waals surface area contributed by atoms with Crippen LogP contribution in [0.15, 0.2) is 30.6 Å². The van der Waals surface area contributed by atoms with Crippen LogP contribution in [0.1, 0.15) is 19.3 Å². The van der Waals surface area contributed by atoms with Crippen molar-refractivity contribution >= 4 is 28.9 Å². The van der Waals surface area contributed by atoms with E-state index in [0.717, 1.165) is 62.0 Å². The number of piperidine rings is 1. The van der Waals surface area contributed by atoms with Gasteiger partial charge in [0.25, 0.3) is 0 Å². The highest BCUT2D eigenvalue weighted by molar-refractivity contribution is 7.80. The van der Waals surface area contributed by atoms with Crippen molar-refractivity contribution in [3.05, 3.63) is 30.6 Å². The number of hydrogen-bond donors (Lipinski definition) is 1. The normalized spacial score (nSPS) is 18.1. The predicted molar refractivity (Wildman–Crippen MR) is 111 cm³/mol. The van der Waals surface area contributed by atoms with Gasteiger partial charge in [-0.25, -0.2) is 4.68 Å². The zero-order chi connectivity index (χ0) is 20.3. The zero-order valence-electron chi connectivity index (χ0n) is 16.5. The standard InChI is InChI=1S/C19H25N7O2S/c1-28-16-4-2-3-15(11-16)21-18(29)24-8-5-19(6-9-24)7-10-25(13-19)17(27)12-26-14-20-22-23-26/h2-4,11,14H,5-10,12-13H2,1H3,(H,21,29). The summed E-state index contributed by atoms with van der Waals surface area (Å²) < 4.78 is 6.74. The molecular weight excluding hydrogens is 390 g/mol. The second-order valence-corrected chi connectivity index (χ2v) is 8.11. The number of carbonyl (C=O) groups is 1. The van der Waals surface area contributed by atoms with Crippen molar-refractivity contribution in [3.8, 4) is 5.75 Å². The molecule has 1 amide bonds. The van der Waals surface area contributed by atoms with E-state index in [1.807, 2.05) is 29.2 Å². The van der Waals surface area contributed by atoms with E-state index in [-0.39, 0.29) is 17.9 Å². The molecule has 2 saturated heterocycles. The second-order valence-electron chi connectivity index (χ2n) is 7.72. The third-order valence-corrected chi connectivity index (χ3v) is 6.27. The van der Waals surface area contributed by atoms with Gasteiger partial charge in [0.2, 0.25) is 5.91 Å². The third kappa shape index (κ3) is 4.47. The number of methoxy groups -OCH3 is 1. The first-order valence-corrected chi connectivity index (χ1v) is 10.2. The maximum Gasteiger partial charge on any atom is 0.244 e. The minimum atomic E-state index is 0.0758. The van der Waals surface area contributed by atoms with Crippen LogP contribution in [0.5, 0.6) is 5.75 Å². The minimum Gasteiger partial charge on any atom is -0.497 e. The summed E-state index contributed by atoms with van der Waals surface area (Å²) in [5.74, 6) is 0.875. The molecule has 0 atom stereocenters. The van der Waals surface area contributed by atoms with E-state index in [9.17, 15) is 4.79 Å². The van der Waals surface area contributed by atoms with Crippen LogP contribution in [0.25, 0.3) is 0 Å². The molecule has 1 aromatic carbocycles. The highest BCUT2D eigenvalue weighted by Crippen LogP contribution is 2.40. The molecule has 2 aromatic rings. The summed E-state index contributed by atoms with van der Waals surface area (Å²) in [4.78, 5) is 16.7. The maximum atomic E-state index is 12.5. The first kappa shape index (κ1) is 19.6. The van der Waals surface area contributed by atoms with Crippen molar-refractivity contribution in [2.75, 3.05) is 38.6 Å². The highest BCUT2D eigenvalue weighted by Gasteiger charge is 2.42. The monoisotopic (exact) mass is 415 g/mol. The lowest BCUT2D eigenvalue weighted by Gasteiger charge is -2.40. The van der Waals surface area contributed by atoms with Crippen molar-refractivity contribution in [1.82, 2.24) is 30.0 Å². The Balaban J connectivity index is 1.28. The van der Waals surface area contributed by atoms with Crippen molar-refractivity contribution in [3.63, 3.8) is 0 Å². The number of rotatable bonds is 4. The van der Waals surface area contributed by atoms with E-state index in [0.29, 0.717) is 0 Å². The number of anilines is 1. The largest absolute Gasteiger partial charge is 0.497 e. The molecular formula is C19H25N7O2S. The SMILES string of the molecule is COc1cccc(NC(=S)N2CCC3(CCN(C(=O)Cn4cnnn4)C3)CC2)c1. The Morgan fingerprint density at radius 1 is 1.24 bits per heavy atom. The van der Waals surface area contributed by atoms with E-state index < -0.39 is 0 Å². The van der Waals surface area contributed by atoms with E-state index in [1.54, 1.807) is 7.11 Å². The molecule has 1 N–H and O–H groups in total. The average Bonchev–Trinajstić information content (AvgIpc) is 3.39. The van der Waals surface area contributed by atoms with Gasteiger partial charge in [0.05, 0.1) is 7.11 Å². The molecule has 4 rings (SSSR count). The Morgan fingerprint density at radius 3 is 2.69 bits per heavy atom. The topological polar surface area (TPSA) is 88.4 Å². The minimum absolute atomic E-state index is 0.0758. The van der Waals surface area contributed by atoms with Gasteiger partial charge in [-0.05, 0) is 59.5 Å². The van der Waals surface area contributed by atoms with Crippen molar-refractivity contribution in [1.29, 1.82) is 0 Å². The van der Waals surface area contributed by atoms with Gasteiger partial charge in [-0.3, -0.25) is 4.79 Å². The summed E-state index contributed by atoms with van der Waals surface area (Å²) in [5, 5.41) is 15.0. The molecule has 2 fully saturated rings. The quantitative estimate of drug-likeness (QED) is 0.750. The predicted octanol–water partition coefficient (Wildman–Crippen LogP) is 1.39. The third-order valence-electron chi connectivity index (χ3n) is 5.91. The Hall–Kier alpha value is -2.75. The molecule has 0 radical (unpaired) electrons. The van der Waals surface area contributed by atoms with Gasteiger partial charge in [-0.2, -0.15) is 0 Å². The number of hydrogen-bond acceptors (Lipinski definition) is 6. The molecule has 10 heteroatoms. The molecule has 2 aliphatic rings. The molecule has 9 nitrogen and oxygen atoms in total. The highest BCUT2D eigenvalue weighted by atomic mass is 32.1. The smallest absolute Gasteiger partial charge is 0.244 e. The molecule has 0 bridgehead atoms. The molecule has 0 unspecified atom stereocenters. The summed E-state index contributed by atoms with van der Waals surface area (Å²) >= 11 is 5.62. The van der Waals surface area contributed by atoms with E-state index >= 15 is 0 Å². The molecule has 0 aliphatic carbocycles. The van der Waals surface area contributed by atoms with Crippen molar-refractivity contribution in [2.24, 2.45) is 5.41 Å². The number of thiocarbonyl (C=S) groups is 1. The summed E-state index contributed by atoms with van der Waals surface area (Å²) in [6, 6.07) is 7.76. The number of nitrogens with one attached hydrogen (secondary N) is 1. The summed E-state index contributed by atoms with van der Waals surface area (Å²) in [6.45, 7) is 3.59. The van der Waals surface area contributed by atoms with Gasteiger partial charge in [0.1, 0.15) is 18.6 Å². The Bertz CT molecular complexity index is 865. The molecule has 1 spiro atoms. The number of ether oxygens (including phenoxy) is 1. The maximum absolute atomic E-state index is 12.5. The van der Waals surface area contributed by atoms with Crippen LogP contribution < -0.4 is 10.1 Å². The van der Waals surface area contributed by atoms with Crippen molar-refractivity contribution in [2.45, 2.75) is 25.8 Å². The fourth-order valence-corrected chi connectivity index (χ4v) is 4.44. The average molecular weight is 416 g/mol. The van der Waals surface area contributed by atoms with Crippen LogP contribution in [0.2, 0.25) is 0 Å². The fraction of sp³-hybridized carbons (Fsp3) is 0.526. The van der Waals surface area contributed by atoms with Crippen LogP contribution in [-0.4, -0.2) is 74.3 Å². The van der Waals surface area contributed by atoms with Crippen molar-refractivity contribution < 1.29 is 9.53 Å². The zero-order valence-corrected chi connectivity index (χ0v) is 17.3. The first-order valence-electron chi connectivity index (χ1n) is 9.75. The molecule has 3 heterocycles. The molecule has 29 heavy (non-hydrogen) atoms.